The molecule has 0 radical (unpaired) electrons. The zero-order chi connectivity index (χ0) is 7.52. The molecule has 11 heavy (non-hydrogen) atoms. The lowest BCUT2D eigenvalue weighted by Gasteiger charge is -1.92. The van der Waals surface area contributed by atoms with E-state index in [1.165, 1.54) is 18.7 Å². The Labute approximate surface area is 68.6 Å². The molecule has 1 aromatic heterocycles. The highest BCUT2D eigenvalue weighted by Gasteiger charge is 1.94. The monoisotopic (exact) mass is 179 g/mol. The molecule has 0 fully saturated rings. The average molecular weight is 179 g/mol. The standard InChI is InChI=1S/C8H7NP2/c1-2-4-7(5-3-1)8-6-9-11-10-8/h1-6,11H. The minimum absolute atomic E-state index is 0.719. The molecule has 0 saturated carbocycles. The first kappa shape index (κ1) is 7.03. The Kier molecular flexibility index (Phi) is 2.03. The summed E-state index contributed by atoms with van der Waals surface area (Å²) in [5.74, 6) is 0. The molecule has 2 aromatic rings. The highest BCUT2D eigenvalue weighted by atomic mass is 31.8. The second kappa shape index (κ2) is 3.17. The molecule has 1 nitrogen and oxygen atoms in total. The van der Waals surface area contributed by atoms with Gasteiger partial charge in [-0.25, -0.2) is 4.75 Å². The van der Waals surface area contributed by atoms with Crippen molar-refractivity contribution in [2.24, 2.45) is 0 Å². The Morgan fingerprint density at radius 1 is 1.18 bits per heavy atom. The van der Waals surface area contributed by atoms with Crippen molar-refractivity contribution in [3.8, 4) is 10.9 Å². The van der Waals surface area contributed by atoms with Gasteiger partial charge in [-0.05, 0) is 21.5 Å². The van der Waals surface area contributed by atoms with Crippen molar-refractivity contribution in [2.45, 2.75) is 0 Å². The molecule has 0 N–H and O–H groups in total. The zero-order valence-corrected chi connectivity index (χ0v) is 7.75. The molecule has 3 heteroatoms. The van der Waals surface area contributed by atoms with E-state index in [2.05, 4.69) is 29.0 Å². The molecular weight excluding hydrogens is 172 g/mol. The maximum atomic E-state index is 4.19. The first-order valence-electron chi connectivity index (χ1n) is 3.38. The van der Waals surface area contributed by atoms with Crippen molar-refractivity contribution in [1.82, 2.24) is 4.75 Å². The van der Waals surface area contributed by atoms with Gasteiger partial charge >= 0.3 is 0 Å². The summed E-state index contributed by atoms with van der Waals surface area (Å²) in [5.41, 5.74) is 1.31. The summed E-state index contributed by atoms with van der Waals surface area (Å²) in [4.78, 5) is 0. The fraction of sp³-hybridized carbons (Fsp3) is 0. The lowest BCUT2D eigenvalue weighted by atomic mass is 10.2. The van der Waals surface area contributed by atoms with Crippen molar-refractivity contribution in [1.29, 1.82) is 0 Å². The summed E-state index contributed by atoms with van der Waals surface area (Å²) in [7, 11) is 2.08. The first-order chi connectivity index (χ1) is 5.47. The molecule has 0 aliphatic rings. The van der Waals surface area contributed by atoms with E-state index in [1.54, 1.807) is 0 Å². The van der Waals surface area contributed by atoms with Gasteiger partial charge in [-0.2, -0.15) is 0 Å². The van der Waals surface area contributed by atoms with Crippen LogP contribution < -0.4 is 0 Å². The number of hydrogen-bond acceptors (Lipinski definition) is 1. The van der Waals surface area contributed by atoms with Gasteiger partial charge in [0, 0.05) is 11.5 Å². The van der Waals surface area contributed by atoms with E-state index in [0.29, 0.717) is 0 Å². The second-order valence-electron chi connectivity index (χ2n) is 2.22. The second-order valence-corrected chi connectivity index (χ2v) is 4.66. The number of nitrogens with zero attached hydrogens (tertiary/aromatic N) is 1. The highest BCUT2D eigenvalue weighted by Crippen LogP contribution is 2.32. The Balaban J connectivity index is 2.46. The van der Waals surface area contributed by atoms with Crippen LogP contribution in [-0.4, -0.2) is 4.75 Å². The van der Waals surface area contributed by atoms with Gasteiger partial charge in [0.2, 0.25) is 0 Å². The van der Waals surface area contributed by atoms with E-state index in [0.717, 1.165) is 8.03 Å². The van der Waals surface area contributed by atoms with Crippen LogP contribution in [0.2, 0.25) is 0 Å². The maximum absolute atomic E-state index is 4.19. The summed E-state index contributed by atoms with van der Waals surface area (Å²) in [6, 6.07) is 10.4. The number of benzene rings is 1. The average Bonchev–Trinajstić information content (AvgIpc) is 2.58. The largest absolute Gasteiger partial charge is 0.243 e. The van der Waals surface area contributed by atoms with Crippen molar-refractivity contribution in [2.75, 3.05) is 0 Å². The third-order valence-electron chi connectivity index (χ3n) is 1.48. The SMILES string of the molecule is c1ccc(-c2cn[pH]p2)cc1. The Morgan fingerprint density at radius 3 is 2.64 bits per heavy atom. The molecule has 1 aromatic carbocycles. The van der Waals surface area contributed by atoms with Crippen LogP contribution >= 0.6 is 15.9 Å². The number of rotatable bonds is 1. The van der Waals surface area contributed by atoms with Crippen LogP contribution in [0, 0.1) is 0 Å². The van der Waals surface area contributed by atoms with Crippen LogP contribution in [0.5, 0.6) is 0 Å². The van der Waals surface area contributed by atoms with Crippen LogP contribution in [0.25, 0.3) is 10.9 Å². The Hall–Kier alpha value is -0.640. The predicted octanol–water partition coefficient (Wildman–Crippen LogP) is 3.36. The smallest absolute Gasteiger partial charge is 0.0438 e. The van der Waals surface area contributed by atoms with Gasteiger partial charge in [-0.15, -0.1) is 0 Å². The van der Waals surface area contributed by atoms with Gasteiger partial charge in [0.05, 0.1) is 0 Å². The molecule has 1 heterocycles. The maximum Gasteiger partial charge on any atom is 0.0438 e. The van der Waals surface area contributed by atoms with Gasteiger partial charge in [0.1, 0.15) is 0 Å². The molecule has 1 unspecified atom stereocenters. The minimum Gasteiger partial charge on any atom is -0.243 e. The number of aromatic nitrogens is 1. The van der Waals surface area contributed by atoms with E-state index < -0.39 is 0 Å². The van der Waals surface area contributed by atoms with Gasteiger partial charge in [0.25, 0.3) is 0 Å². The van der Waals surface area contributed by atoms with Crippen LogP contribution in [0.3, 0.4) is 0 Å². The van der Waals surface area contributed by atoms with E-state index >= 15 is 0 Å². The predicted molar refractivity (Wildman–Crippen MR) is 51.7 cm³/mol. The molecule has 0 aliphatic carbocycles. The van der Waals surface area contributed by atoms with Crippen LogP contribution in [0.15, 0.2) is 36.5 Å². The first-order valence-corrected chi connectivity index (χ1v) is 6.06. The fourth-order valence-electron chi connectivity index (χ4n) is 0.950. The zero-order valence-electron chi connectivity index (χ0n) is 5.86. The lowest BCUT2D eigenvalue weighted by Crippen LogP contribution is -1.67. The highest BCUT2D eigenvalue weighted by molar-refractivity contribution is 7.90. The van der Waals surface area contributed by atoms with E-state index in [9.17, 15) is 0 Å². The van der Waals surface area contributed by atoms with Crippen molar-refractivity contribution < 1.29 is 0 Å². The van der Waals surface area contributed by atoms with Crippen LogP contribution in [-0.2, 0) is 0 Å². The lowest BCUT2D eigenvalue weighted by molar-refractivity contribution is 1.57. The van der Waals surface area contributed by atoms with Crippen molar-refractivity contribution in [3.63, 3.8) is 0 Å². The summed E-state index contributed by atoms with van der Waals surface area (Å²) in [6.45, 7) is 0. The molecule has 2 rings (SSSR count). The van der Waals surface area contributed by atoms with Gasteiger partial charge < -0.3 is 0 Å². The molecule has 0 amide bonds. The quantitative estimate of drug-likeness (QED) is 0.654. The molecule has 54 valence electrons. The van der Waals surface area contributed by atoms with Gasteiger partial charge in [0.15, 0.2) is 0 Å². The molecule has 1 atom stereocenters. The molecule has 0 saturated heterocycles. The summed E-state index contributed by atoms with van der Waals surface area (Å²) in [6.07, 6.45) is 1.98. The molecule has 0 spiro atoms. The summed E-state index contributed by atoms with van der Waals surface area (Å²) in [5, 5.41) is 1.35. The topological polar surface area (TPSA) is 12.9 Å². The Morgan fingerprint density at radius 2 is 2.00 bits per heavy atom. The van der Waals surface area contributed by atoms with E-state index in [4.69, 9.17) is 0 Å². The van der Waals surface area contributed by atoms with Gasteiger partial charge in [-0.3, -0.25) is 0 Å². The fourth-order valence-corrected chi connectivity index (χ4v) is 3.03. The summed E-state index contributed by atoms with van der Waals surface area (Å²) < 4.78 is 4.19. The van der Waals surface area contributed by atoms with Crippen LogP contribution in [0.4, 0.5) is 0 Å². The summed E-state index contributed by atoms with van der Waals surface area (Å²) >= 11 is 0. The third-order valence-corrected chi connectivity index (χ3v) is 3.81. The Bertz CT molecular complexity index is 315. The molecular formula is C8H7NP2. The third kappa shape index (κ3) is 1.50. The van der Waals surface area contributed by atoms with Crippen LogP contribution in [0.1, 0.15) is 0 Å². The van der Waals surface area contributed by atoms with Crippen molar-refractivity contribution in [3.05, 3.63) is 36.5 Å². The van der Waals surface area contributed by atoms with Gasteiger partial charge in [-0.1, -0.05) is 30.3 Å². The normalized spacial score (nSPS) is 11.3. The van der Waals surface area contributed by atoms with Crippen molar-refractivity contribution >= 4 is 15.9 Å². The van der Waals surface area contributed by atoms with E-state index in [1.807, 2.05) is 12.3 Å². The molecule has 0 aliphatic heterocycles. The van der Waals surface area contributed by atoms with E-state index in [-0.39, 0.29) is 0 Å². The minimum atomic E-state index is 0.719. The number of hydrogen-bond donors (Lipinski definition) is 0. The molecule has 0 bridgehead atoms.